The van der Waals surface area contributed by atoms with Crippen molar-refractivity contribution < 1.29 is 13.5 Å². The molecule has 0 spiro atoms. The van der Waals surface area contributed by atoms with Gasteiger partial charge in [0.15, 0.2) is 11.6 Å². The lowest BCUT2D eigenvalue weighted by Crippen LogP contribution is -1.97. The molecular weight excluding hydrogens is 242 g/mol. The summed E-state index contributed by atoms with van der Waals surface area (Å²) in [5.41, 5.74) is 0.290. The molecule has 0 saturated heterocycles. The highest BCUT2D eigenvalue weighted by Gasteiger charge is 2.16. The van der Waals surface area contributed by atoms with Crippen LogP contribution in [-0.2, 0) is 0 Å². The van der Waals surface area contributed by atoms with Crippen LogP contribution in [0.1, 0.15) is 17.3 Å². The van der Waals surface area contributed by atoms with Gasteiger partial charge in [0.2, 0.25) is 5.82 Å². The van der Waals surface area contributed by atoms with Gasteiger partial charge in [0.1, 0.15) is 0 Å². The quantitative estimate of drug-likeness (QED) is 0.731. The Kier molecular flexibility index (Phi) is 3.25. The maximum absolute atomic E-state index is 13.2. The van der Waals surface area contributed by atoms with E-state index in [9.17, 15) is 8.78 Å². The third-order valence-corrected chi connectivity index (χ3v) is 2.22. The van der Waals surface area contributed by atoms with Gasteiger partial charge in [-0.25, -0.2) is 4.39 Å². The maximum Gasteiger partial charge on any atom is 0.200 e. The lowest BCUT2D eigenvalue weighted by Gasteiger charge is -2.08. The highest BCUT2D eigenvalue weighted by Crippen LogP contribution is 2.29. The summed E-state index contributed by atoms with van der Waals surface area (Å²) in [6, 6.07) is 2.90. The molecule has 0 aliphatic rings. The molecular formula is C9H9BrF2O. The summed E-state index contributed by atoms with van der Waals surface area (Å²) in [5.74, 6) is -1.87. The van der Waals surface area contributed by atoms with Crippen LogP contribution in [0.25, 0.3) is 0 Å². The Morgan fingerprint density at radius 3 is 2.38 bits per heavy atom. The summed E-state index contributed by atoms with van der Waals surface area (Å²) in [6.45, 7) is 1.73. The van der Waals surface area contributed by atoms with Gasteiger partial charge >= 0.3 is 0 Å². The molecule has 0 N–H and O–H groups in total. The first-order valence-corrected chi connectivity index (χ1v) is 4.65. The number of rotatable bonds is 2. The second kappa shape index (κ2) is 4.05. The second-order valence-corrected chi connectivity index (χ2v) is 3.97. The number of hydrogen-bond donors (Lipinski definition) is 0. The van der Waals surface area contributed by atoms with Crippen molar-refractivity contribution in [2.75, 3.05) is 7.11 Å². The molecule has 4 heteroatoms. The first kappa shape index (κ1) is 10.4. The Labute approximate surface area is 83.8 Å². The average molecular weight is 251 g/mol. The van der Waals surface area contributed by atoms with Crippen molar-refractivity contribution in [1.82, 2.24) is 0 Å². The smallest absolute Gasteiger partial charge is 0.200 e. The summed E-state index contributed by atoms with van der Waals surface area (Å²) in [4.78, 5) is -0.215. The van der Waals surface area contributed by atoms with Crippen LogP contribution in [0.5, 0.6) is 5.75 Å². The monoisotopic (exact) mass is 250 g/mol. The van der Waals surface area contributed by atoms with E-state index in [2.05, 4.69) is 20.7 Å². The van der Waals surface area contributed by atoms with Crippen LogP contribution in [-0.4, -0.2) is 7.11 Å². The minimum absolute atomic E-state index is 0.0746. The summed E-state index contributed by atoms with van der Waals surface area (Å²) in [5, 5.41) is 0. The third-order valence-electron chi connectivity index (χ3n) is 1.73. The Balaban J connectivity index is 3.23. The normalized spacial score (nSPS) is 12.7. The van der Waals surface area contributed by atoms with Crippen molar-refractivity contribution in [2.24, 2.45) is 0 Å². The number of hydrogen-bond acceptors (Lipinski definition) is 1. The van der Waals surface area contributed by atoms with Crippen molar-refractivity contribution in [2.45, 2.75) is 11.8 Å². The number of benzene rings is 1. The van der Waals surface area contributed by atoms with Gasteiger partial charge in [0, 0.05) is 10.4 Å². The van der Waals surface area contributed by atoms with Crippen LogP contribution >= 0.6 is 15.9 Å². The minimum atomic E-state index is -0.939. The first-order chi connectivity index (χ1) is 6.07. The van der Waals surface area contributed by atoms with Crippen LogP contribution in [0.4, 0.5) is 8.78 Å². The molecule has 0 aliphatic heterocycles. The van der Waals surface area contributed by atoms with E-state index in [1.54, 1.807) is 6.92 Å². The van der Waals surface area contributed by atoms with Gasteiger partial charge < -0.3 is 4.74 Å². The molecule has 0 saturated carbocycles. The lowest BCUT2D eigenvalue weighted by molar-refractivity contribution is 0.370. The van der Waals surface area contributed by atoms with Gasteiger partial charge in [-0.3, -0.25) is 0 Å². The SMILES string of the molecule is COc1ccc(C(C)Br)c(F)c1F. The third kappa shape index (κ3) is 1.99. The summed E-state index contributed by atoms with van der Waals surface area (Å²) < 4.78 is 30.9. The standard InChI is InChI=1S/C9H9BrF2O/c1-5(10)6-3-4-7(13-2)9(12)8(6)11/h3-5H,1-2H3. The Hall–Kier alpha value is -0.640. The maximum atomic E-state index is 13.2. The molecule has 0 aromatic heterocycles. The zero-order valence-electron chi connectivity index (χ0n) is 7.27. The molecule has 13 heavy (non-hydrogen) atoms. The molecule has 0 radical (unpaired) electrons. The van der Waals surface area contributed by atoms with Crippen LogP contribution in [0.3, 0.4) is 0 Å². The number of halogens is 3. The highest BCUT2D eigenvalue weighted by atomic mass is 79.9. The molecule has 1 rings (SSSR count). The zero-order chi connectivity index (χ0) is 10.0. The number of methoxy groups -OCH3 is 1. The largest absolute Gasteiger partial charge is 0.494 e. The summed E-state index contributed by atoms with van der Waals surface area (Å²) >= 11 is 3.17. The Bertz CT molecular complexity index is 313. The molecule has 1 nitrogen and oxygen atoms in total. The molecule has 0 bridgehead atoms. The van der Waals surface area contributed by atoms with E-state index >= 15 is 0 Å². The van der Waals surface area contributed by atoms with Crippen molar-refractivity contribution >= 4 is 15.9 Å². The van der Waals surface area contributed by atoms with E-state index in [0.717, 1.165) is 0 Å². The van der Waals surface area contributed by atoms with E-state index in [-0.39, 0.29) is 10.6 Å². The van der Waals surface area contributed by atoms with E-state index in [1.807, 2.05) is 0 Å². The van der Waals surface area contributed by atoms with Gasteiger partial charge in [-0.1, -0.05) is 22.0 Å². The van der Waals surface area contributed by atoms with Gasteiger partial charge in [0.25, 0.3) is 0 Å². The molecule has 0 fully saturated rings. The molecule has 0 heterocycles. The first-order valence-electron chi connectivity index (χ1n) is 3.74. The van der Waals surface area contributed by atoms with Crippen molar-refractivity contribution in [3.63, 3.8) is 0 Å². The lowest BCUT2D eigenvalue weighted by atomic mass is 10.1. The highest BCUT2D eigenvalue weighted by molar-refractivity contribution is 9.09. The van der Waals surface area contributed by atoms with E-state index in [4.69, 9.17) is 0 Å². The van der Waals surface area contributed by atoms with Gasteiger partial charge in [-0.15, -0.1) is 0 Å². The van der Waals surface area contributed by atoms with Crippen LogP contribution in [0.15, 0.2) is 12.1 Å². The molecule has 1 atom stereocenters. The van der Waals surface area contributed by atoms with Crippen molar-refractivity contribution in [3.8, 4) is 5.75 Å². The van der Waals surface area contributed by atoms with Gasteiger partial charge in [0.05, 0.1) is 7.11 Å². The number of alkyl halides is 1. The van der Waals surface area contributed by atoms with E-state index in [1.165, 1.54) is 19.2 Å². The van der Waals surface area contributed by atoms with Crippen LogP contribution < -0.4 is 4.74 Å². The van der Waals surface area contributed by atoms with Gasteiger partial charge in [-0.2, -0.15) is 4.39 Å². The topological polar surface area (TPSA) is 9.23 Å². The van der Waals surface area contributed by atoms with Crippen LogP contribution in [0, 0.1) is 11.6 Å². The van der Waals surface area contributed by atoms with Crippen LogP contribution in [0.2, 0.25) is 0 Å². The predicted octanol–water partition coefficient (Wildman–Crippen LogP) is 3.43. The Morgan fingerprint density at radius 2 is 1.92 bits per heavy atom. The van der Waals surface area contributed by atoms with Crippen molar-refractivity contribution in [1.29, 1.82) is 0 Å². The fourth-order valence-electron chi connectivity index (χ4n) is 1.01. The fraction of sp³-hybridized carbons (Fsp3) is 0.333. The second-order valence-electron chi connectivity index (χ2n) is 2.60. The Morgan fingerprint density at radius 1 is 1.31 bits per heavy atom. The zero-order valence-corrected chi connectivity index (χ0v) is 8.86. The molecule has 1 aromatic rings. The van der Waals surface area contributed by atoms with Crippen molar-refractivity contribution in [3.05, 3.63) is 29.3 Å². The minimum Gasteiger partial charge on any atom is -0.494 e. The fourth-order valence-corrected chi connectivity index (χ4v) is 1.37. The van der Waals surface area contributed by atoms with E-state index in [0.29, 0.717) is 5.56 Å². The molecule has 72 valence electrons. The summed E-state index contributed by atoms with van der Waals surface area (Å²) in [7, 11) is 1.30. The number of ether oxygens (including phenoxy) is 1. The predicted molar refractivity (Wildman–Crippen MR) is 50.3 cm³/mol. The van der Waals surface area contributed by atoms with Gasteiger partial charge in [-0.05, 0) is 13.0 Å². The average Bonchev–Trinajstić information content (AvgIpc) is 2.09. The molecule has 1 aromatic carbocycles. The molecule has 0 amide bonds. The van der Waals surface area contributed by atoms with E-state index < -0.39 is 11.6 Å². The molecule has 1 unspecified atom stereocenters. The summed E-state index contributed by atoms with van der Waals surface area (Å²) in [6.07, 6.45) is 0. The molecule has 0 aliphatic carbocycles.